The molecule has 1 N–H and O–H groups in total. The van der Waals surface area contributed by atoms with Crippen molar-refractivity contribution in [2.75, 3.05) is 11.4 Å². The third-order valence-corrected chi connectivity index (χ3v) is 4.06. The van der Waals surface area contributed by atoms with Gasteiger partial charge in [-0.2, -0.15) is 0 Å². The van der Waals surface area contributed by atoms with Crippen molar-refractivity contribution in [1.82, 2.24) is 10.3 Å². The fourth-order valence-corrected chi connectivity index (χ4v) is 2.93. The van der Waals surface area contributed by atoms with E-state index in [1.807, 2.05) is 0 Å². The molecular formula is C15H27N3S. The molecule has 1 aliphatic carbocycles. The summed E-state index contributed by atoms with van der Waals surface area (Å²) in [4.78, 5) is 7.32. The van der Waals surface area contributed by atoms with E-state index in [0.717, 1.165) is 19.1 Å². The molecule has 1 aliphatic rings. The van der Waals surface area contributed by atoms with Crippen LogP contribution in [0.4, 0.5) is 5.13 Å². The molecule has 19 heavy (non-hydrogen) atoms. The smallest absolute Gasteiger partial charge is 0.185 e. The summed E-state index contributed by atoms with van der Waals surface area (Å²) in [5, 5.41) is 6.91. The first-order valence-corrected chi connectivity index (χ1v) is 8.19. The summed E-state index contributed by atoms with van der Waals surface area (Å²) in [6.07, 6.45) is 2.67. The number of thiazole rings is 1. The van der Waals surface area contributed by atoms with Crippen LogP contribution < -0.4 is 10.2 Å². The van der Waals surface area contributed by atoms with Crippen molar-refractivity contribution in [2.45, 2.75) is 65.6 Å². The quantitative estimate of drug-likeness (QED) is 0.862. The Morgan fingerprint density at radius 1 is 1.42 bits per heavy atom. The zero-order valence-electron chi connectivity index (χ0n) is 12.9. The normalized spacial score (nSPS) is 16.1. The molecule has 1 aromatic heterocycles. The van der Waals surface area contributed by atoms with E-state index >= 15 is 0 Å². The number of anilines is 1. The maximum absolute atomic E-state index is 4.81. The van der Waals surface area contributed by atoms with Crippen LogP contribution in [0.3, 0.4) is 0 Å². The minimum atomic E-state index is 0.151. The molecule has 4 heteroatoms. The molecule has 1 saturated carbocycles. The lowest BCUT2D eigenvalue weighted by molar-refractivity contribution is 0.422. The monoisotopic (exact) mass is 281 g/mol. The largest absolute Gasteiger partial charge is 0.345 e. The average Bonchev–Trinajstić information content (AvgIpc) is 3.01. The fraction of sp³-hybridized carbons (Fsp3) is 0.800. The van der Waals surface area contributed by atoms with E-state index in [4.69, 9.17) is 4.98 Å². The highest BCUT2D eigenvalue weighted by atomic mass is 32.1. The Labute approximate surface area is 121 Å². The van der Waals surface area contributed by atoms with Crippen LogP contribution in [0.1, 0.15) is 53.2 Å². The van der Waals surface area contributed by atoms with Gasteiger partial charge in [0, 0.05) is 30.1 Å². The number of nitrogens with zero attached hydrogens (tertiary/aromatic N) is 2. The average molecular weight is 281 g/mol. The predicted molar refractivity (Wildman–Crippen MR) is 83.9 cm³/mol. The maximum Gasteiger partial charge on any atom is 0.185 e. The van der Waals surface area contributed by atoms with Gasteiger partial charge < -0.3 is 10.2 Å². The van der Waals surface area contributed by atoms with Crippen LogP contribution in [-0.2, 0) is 6.54 Å². The first kappa shape index (κ1) is 14.8. The Balaban J connectivity index is 1.98. The highest BCUT2D eigenvalue weighted by molar-refractivity contribution is 7.13. The molecule has 0 atom stereocenters. The molecule has 0 spiro atoms. The molecular weight excluding hydrogens is 254 g/mol. The number of rotatable bonds is 6. The lowest BCUT2D eigenvalue weighted by atomic mass is 10.1. The Bertz CT molecular complexity index is 402. The van der Waals surface area contributed by atoms with E-state index in [1.165, 1.54) is 23.7 Å². The first-order chi connectivity index (χ1) is 8.85. The molecule has 0 aliphatic heterocycles. The van der Waals surface area contributed by atoms with Crippen LogP contribution in [0.5, 0.6) is 0 Å². The second-order valence-electron chi connectivity index (χ2n) is 7.00. The molecule has 0 unspecified atom stereocenters. The summed E-state index contributed by atoms with van der Waals surface area (Å²) < 4.78 is 0. The number of nitrogens with one attached hydrogen (secondary N) is 1. The van der Waals surface area contributed by atoms with E-state index in [1.54, 1.807) is 11.3 Å². The molecule has 108 valence electrons. The van der Waals surface area contributed by atoms with Gasteiger partial charge >= 0.3 is 0 Å². The van der Waals surface area contributed by atoms with Crippen LogP contribution in [0.15, 0.2) is 5.38 Å². The molecule has 0 radical (unpaired) electrons. The van der Waals surface area contributed by atoms with Gasteiger partial charge in [0.05, 0.1) is 5.69 Å². The van der Waals surface area contributed by atoms with Crippen molar-refractivity contribution in [2.24, 2.45) is 5.92 Å². The Morgan fingerprint density at radius 2 is 2.11 bits per heavy atom. The van der Waals surface area contributed by atoms with Gasteiger partial charge in [-0.25, -0.2) is 4.98 Å². The highest BCUT2D eigenvalue weighted by Crippen LogP contribution is 2.34. The van der Waals surface area contributed by atoms with Gasteiger partial charge in [-0.05, 0) is 39.5 Å². The predicted octanol–water partition coefficient (Wildman–Crippen LogP) is 3.66. The van der Waals surface area contributed by atoms with E-state index in [2.05, 4.69) is 50.2 Å². The molecule has 0 saturated heterocycles. The van der Waals surface area contributed by atoms with Crippen LogP contribution >= 0.6 is 11.3 Å². The summed E-state index contributed by atoms with van der Waals surface area (Å²) in [5.41, 5.74) is 1.32. The van der Waals surface area contributed by atoms with Gasteiger partial charge in [0.15, 0.2) is 5.13 Å². The number of hydrogen-bond donors (Lipinski definition) is 1. The van der Waals surface area contributed by atoms with Gasteiger partial charge in [0.25, 0.3) is 0 Å². The van der Waals surface area contributed by atoms with Gasteiger partial charge in [0.1, 0.15) is 0 Å². The molecule has 1 fully saturated rings. The zero-order valence-corrected chi connectivity index (χ0v) is 13.7. The zero-order chi connectivity index (χ0) is 14.0. The highest BCUT2D eigenvalue weighted by Gasteiger charge is 2.31. The minimum absolute atomic E-state index is 0.151. The van der Waals surface area contributed by atoms with E-state index in [0.29, 0.717) is 5.92 Å². The van der Waals surface area contributed by atoms with E-state index in [-0.39, 0.29) is 5.54 Å². The second-order valence-corrected chi connectivity index (χ2v) is 7.84. The molecule has 3 nitrogen and oxygen atoms in total. The maximum atomic E-state index is 4.81. The van der Waals surface area contributed by atoms with Crippen molar-refractivity contribution in [3.8, 4) is 0 Å². The third-order valence-electron chi connectivity index (χ3n) is 3.13. The lowest BCUT2D eigenvalue weighted by Crippen LogP contribution is -2.35. The minimum Gasteiger partial charge on any atom is -0.345 e. The van der Waals surface area contributed by atoms with Crippen molar-refractivity contribution in [3.63, 3.8) is 0 Å². The van der Waals surface area contributed by atoms with E-state index in [9.17, 15) is 0 Å². The molecule has 0 bridgehead atoms. The Morgan fingerprint density at radius 3 is 2.63 bits per heavy atom. The molecule has 2 rings (SSSR count). The molecule has 0 amide bonds. The standard InChI is InChI=1S/C15H27N3S/c1-11(2)9-18(13-6-7-13)14-17-12(10-19-14)8-16-15(3,4)5/h10-11,13,16H,6-9H2,1-5H3. The van der Waals surface area contributed by atoms with Gasteiger partial charge in [0.2, 0.25) is 0 Å². The third kappa shape index (κ3) is 4.77. The molecule has 0 aromatic carbocycles. The van der Waals surface area contributed by atoms with Crippen LogP contribution in [0.25, 0.3) is 0 Å². The van der Waals surface area contributed by atoms with Crippen LogP contribution in [-0.4, -0.2) is 23.1 Å². The first-order valence-electron chi connectivity index (χ1n) is 7.31. The van der Waals surface area contributed by atoms with Gasteiger partial charge in [-0.1, -0.05) is 13.8 Å². The number of hydrogen-bond acceptors (Lipinski definition) is 4. The van der Waals surface area contributed by atoms with Gasteiger partial charge in [-0.3, -0.25) is 0 Å². The SMILES string of the molecule is CC(C)CN(c1nc(CNC(C)(C)C)cs1)C1CC1. The van der Waals surface area contributed by atoms with Crippen molar-refractivity contribution in [1.29, 1.82) is 0 Å². The van der Waals surface area contributed by atoms with Crippen molar-refractivity contribution in [3.05, 3.63) is 11.1 Å². The Kier molecular flexibility index (Phi) is 4.51. The van der Waals surface area contributed by atoms with Crippen molar-refractivity contribution < 1.29 is 0 Å². The number of aromatic nitrogens is 1. The summed E-state index contributed by atoms with van der Waals surface area (Å²) in [6, 6.07) is 0.747. The van der Waals surface area contributed by atoms with Crippen LogP contribution in [0.2, 0.25) is 0 Å². The lowest BCUT2D eigenvalue weighted by Gasteiger charge is -2.23. The second kappa shape index (κ2) is 5.80. The summed E-state index contributed by atoms with van der Waals surface area (Å²) in [6.45, 7) is 13.1. The molecule has 1 heterocycles. The van der Waals surface area contributed by atoms with Crippen LogP contribution in [0, 0.1) is 5.92 Å². The fourth-order valence-electron chi connectivity index (χ4n) is 2.03. The summed E-state index contributed by atoms with van der Waals surface area (Å²) >= 11 is 1.79. The topological polar surface area (TPSA) is 28.2 Å². The van der Waals surface area contributed by atoms with Gasteiger partial charge in [-0.15, -0.1) is 11.3 Å². The Hall–Kier alpha value is -0.610. The van der Waals surface area contributed by atoms with E-state index < -0.39 is 0 Å². The summed E-state index contributed by atoms with van der Waals surface area (Å²) in [7, 11) is 0. The summed E-state index contributed by atoms with van der Waals surface area (Å²) in [5.74, 6) is 0.695. The van der Waals surface area contributed by atoms with Crippen molar-refractivity contribution >= 4 is 16.5 Å². The molecule has 1 aromatic rings.